The van der Waals surface area contributed by atoms with Gasteiger partial charge in [-0.1, -0.05) is 6.07 Å². The number of quaternary nitrogens is 1. The van der Waals surface area contributed by atoms with Gasteiger partial charge in [-0.05, 0) is 37.1 Å². The first-order valence-corrected chi connectivity index (χ1v) is 7.74. The van der Waals surface area contributed by atoms with Crippen LogP contribution in [0.15, 0.2) is 23.1 Å². The van der Waals surface area contributed by atoms with E-state index in [4.69, 9.17) is 0 Å². The van der Waals surface area contributed by atoms with E-state index in [9.17, 15) is 8.42 Å². The van der Waals surface area contributed by atoms with Crippen LogP contribution in [0.3, 0.4) is 0 Å². The molecular formula is C13H21N2O2S+. The molecule has 0 radical (unpaired) electrons. The fourth-order valence-electron chi connectivity index (χ4n) is 2.13. The minimum absolute atomic E-state index is 0.421. The van der Waals surface area contributed by atoms with Crippen LogP contribution in [-0.2, 0) is 10.0 Å². The highest BCUT2D eigenvalue weighted by Gasteiger charge is 2.29. The molecule has 1 aliphatic heterocycles. The van der Waals surface area contributed by atoms with Gasteiger partial charge in [-0.15, -0.1) is 0 Å². The van der Waals surface area contributed by atoms with E-state index in [0.29, 0.717) is 18.0 Å². The van der Waals surface area contributed by atoms with E-state index in [1.807, 2.05) is 19.9 Å². The molecule has 1 N–H and O–H groups in total. The fraction of sp³-hybridized carbons (Fsp3) is 0.538. The van der Waals surface area contributed by atoms with Gasteiger partial charge >= 0.3 is 0 Å². The van der Waals surface area contributed by atoms with Crippen LogP contribution in [0, 0.1) is 13.8 Å². The SMILES string of the molecule is Cc1ccc(S(=O)(=O)N2CC[NH+](C)CC2)cc1C. The van der Waals surface area contributed by atoms with Gasteiger partial charge in [0.1, 0.15) is 0 Å². The highest BCUT2D eigenvalue weighted by atomic mass is 32.2. The van der Waals surface area contributed by atoms with Crippen LogP contribution >= 0.6 is 0 Å². The van der Waals surface area contributed by atoms with Crippen LogP contribution in [0.5, 0.6) is 0 Å². The first-order chi connectivity index (χ1) is 8.41. The third kappa shape index (κ3) is 2.58. The van der Waals surface area contributed by atoms with Gasteiger partial charge < -0.3 is 4.90 Å². The van der Waals surface area contributed by atoms with Gasteiger partial charge in [-0.3, -0.25) is 0 Å². The minimum atomic E-state index is -3.30. The van der Waals surface area contributed by atoms with Crippen molar-refractivity contribution in [3.8, 4) is 0 Å². The lowest BCUT2D eigenvalue weighted by molar-refractivity contribution is -0.883. The molecule has 1 fully saturated rings. The summed E-state index contributed by atoms with van der Waals surface area (Å²) >= 11 is 0. The number of nitrogens with one attached hydrogen (secondary N) is 1. The van der Waals surface area contributed by atoms with Crippen LogP contribution < -0.4 is 4.90 Å². The van der Waals surface area contributed by atoms with Crippen molar-refractivity contribution in [2.45, 2.75) is 18.7 Å². The molecule has 1 heterocycles. The summed E-state index contributed by atoms with van der Waals surface area (Å²) in [5, 5.41) is 0. The number of aryl methyl sites for hydroxylation is 2. The van der Waals surface area contributed by atoms with Crippen molar-refractivity contribution in [2.24, 2.45) is 0 Å². The molecule has 1 saturated heterocycles. The Morgan fingerprint density at radius 1 is 1.11 bits per heavy atom. The van der Waals surface area contributed by atoms with Crippen molar-refractivity contribution < 1.29 is 13.3 Å². The number of benzene rings is 1. The molecule has 0 aromatic heterocycles. The predicted octanol–water partition coefficient (Wildman–Crippen LogP) is -0.178. The lowest BCUT2D eigenvalue weighted by atomic mass is 10.1. The number of hydrogen-bond acceptors (Lipinski definition) is 2. The quantitative estimate of drug-likeness (QED) is 0.809. The van der Waals surface area contributed by atoms with E-state index in [-0.39, 0.29) is 0 Å². The molecule has 0 aliphatic carbocycles. The summed E-state index contributed by atoms with van der Waals surface area (Å²) in [4.78, 5) is 1.81. The van der Waals surface area contributed by atoms with Crippen molar-refractivity contribution in [1.82, 2.24) is 4.31 Å². The van der Waals surface area contributed by atoms with Gasteiger partial charge in [0, 0.05) is 0 Å². The summed E-state index contributed by atoms with van der Waals surface area (Å²) in [5.41, 5.74) is 2.15. The van der Waals surface area contributed by atoms with E-state index >= 15 is 0 Å². The summed E-state index contributed by atoms with van der Waals surface area (Å²) in [6, 6.07) is 5.36. The Bertz CT molecular complexity index is 532. The Morgan fingerprint density at radius 2 is 1.72 bits per heavy atom. The second-order valence-electron chi connectivity index (χ2n) is 5.11. The zero-order valence-corrected chi connectivity index (χ0v) is 12.0. The molecule has 0 atom stereocenters. The van der Waals surface area contributed by atoms with Crippen molar-refractivity contribution in [3.63, 3.8) is 0 Å². The van der Waals surface area contributed by atoms with Gasteiger partial charge in [0.05, 0.1) is 38.1 Å². The molecule has 0 spiro atoms. The molecule has 1 aliphatic rings. The number of likely N-dealkylation sites (N-methyl/N-ethyl adjacent to an activating group) is 1. The maximum Gasteiger partial charge on any atom is 0.243 e. The van der Waals surface area contributed by atoms with E-state index in [0.717, 1.165) is 24.2 Å². The molecule has 18 heavy (non-hydrogen) atoms. The molecule has 5 heteroatoms. The predicted molar refractivity (Wildman–Crippen MR) is 71.3 cm³/mol. The molecule has 0 bridgehead atoms. The topological polar surface area (TPSA) is 41.8 Å². The molecule has 4 nitrogen and oxygen atoms in total. The lowest BCUT2D eigenvalue weighted by Gasteiger charge is -2.29. The molecule has 100 valence electrons. The number of rotatable bonds is 2. The average molecular weight is 269 g/mol. The Balaban J connectivity index is 2.27. The van der Waals surface area contributed by atoms with Crippen LogP contribution in [-0.4, -0.2) is 45.9 Å². The second kappa shape index (κ2) is 4.99. The maximum absolute atomic E-state index is 12.5. The molecule has 0 saturated carbocycles. The fourth-order valence-corrected chi connectivity index (χ4v) is 3.66. The monoisotopic (exact) mass is 269 g/mol. The lowest BCUT2D eigenvalue weighted by Crippen LogP contribution is -3.12. The Hall–Kier alpha value is -0.910. The normalized spacial score (nSPS) is 19.1. The molecule has 0 amide bonds. The van der Waals surface area contributed by atoms with E-state index in [1.54, 1.807) is 16.4 Å². The zero-order valence-electron chi connectivity index (χ0n) is 11.2. The summed E-state index contributed by atoms with van der Waals surface area (Å²) in [6.45, 7) is 6.92. The Kier molecular flexibility index (Phi) is 3.75. The van der Waals surface area contributed by atoms with Crippen molar-refractivity contribution in [3.05, 3.63) is 29.3 Å². The van der Waals surface area contributed by atoms with Gasteiger partial charge in [0.2, 0.25) is 10.0 Å². The van der Waals surface area contributed by atoms with Gasteiger partial charge in [-0.2, -0.15) is 4.31 Å². The van der Waals surface area contributed by atoms with Crippen LogP contribution in [0.2, 0.25) is 0 Å². The number of piperazine rings is 1. The highest BCUT2D eigenvalue weighted by molar-refractivity contribution is 7.89. The van der Waals surface area contributed by atoms with Gasteiger partial charge in [0.15, 0.2) is 0 Å². The standard InChI is InChI=1S/C13H20N2O2S/c1-11-4-5-13(10-12(11)2)18(16,17)15-8-6-14(3)7-9-15/h4-5,10H,6-9H2,1-3H3/p+1. The molecule has 0 unspecified atom stereocenters. The number of sulfonamides is 1. The first kappa shape index (κ1) is 13.5. The van der Waals surface area contributed by atoms with E-state index < -0.39 is 10.0 Å². The van der Waals surface area contributed by atoms with Crippen LogP contribution in [0.4, 0.5) is 0 Å². The molecular weight excluding hydrogens is 248 g/mol. The first-order valence-electron chi connectivity index (χ1n) is 6.30. The number of nitrogens with zero attached hydrogens (tertiary/aromatic N) is 1. The highest BCUT2D eigenvalue weighted by Crippen LogP contribution is 2.18. The molecule has 1 aromatic carbocycles. The summed E-state index contributed by atoms with van der Waals surface area (Å²) < 4.78 is 26.5. The number of hydrogen-bond donors (Lipinski definition) is 1. The molecule has 1 aromatic rings. The molecule has 2 rings (SSSR count). The second-order valence-corrected chi connectivity index (χ2v) is 7.05. The van der Waals surface area contributed by atoms with Crippen LogP contribution in [0.1, 0.15) is 11.1 Å². The van der Waals surface area contributed by atoms with Gasteiger partial charge in [0.25, 0.3) is 0 Å². The third-order valence-electron chi connectivity index (χ3n) is 3.69. The average Bonchev–Trinajstić information content (AvgIpc) is 2.33. The van der Waals surface area contributed by atoms with Crippen molar-refractivity contribution >= 4 is 10.0 Å². The third-order valence-corrected chi connectivity index (χ3v) is 5.59. The summed E-state index contributed by atoms with van der Waals surface area (Å²) in [6.07, 6.45) is 0. The van der Waals surface area contributed by atoms with Crippen molar-refractivity contribution in [2.75, 3.05) is 33.2 Å². The van der Waals surface area contributed by atoms with E-state index in [1.165, 1.54) is 4.90 Å². The Morgan fingerprint density at radius 3 is 2.28 bits per heavy atom. The van der Waals surface area contributed by atoms with Crippen molar-refractivity contribution in [1.29, 1.82) is 0 Å². The minimum Gasteiger partial charge on any atom is -0.335 e. The van der Waals surface area contributed by atoms with E-state index in [2.05, 4.69) is 7.05 Å². The van der Waals surface area contributed by atoms with Gasteiger partial charge in [-0.25, -0.2) is 8.42 Å². The smallest absolute Gasteiger partial charge is 0.243 e. The summed E-state index contributed by atoms with van der Waals surface area (Å²) in [7, 11) is -1.21. The largest absolute Gasteiger partial charge is 0.335 e. The van der Waals surface area contributed by atoms with Crippen LogP contribution in [0.25, 0.3) is 0 Å². The maximum atomic E-state index is 12.5. The zero-order chi connectivity index (χ0) is 13.3. The summed E-state index contributed by atoms with van der Waals surface area (Å²) in [5.74, 6) is 0. The Labute approximate surface area is 109 Å².